The largest absolute Gasteiger partial charge is 0.493 e. The van der Waals surface area contributed by atoms with Crippen molar-refractivity contribution in [2.24, 2.45) is 5.10 Å². The molecule has 3 aromatic rings. The van der Waals surface area contributed by atoms with Gasteiger partial charge in [-0.3, -0.25) is 5.43 Å². The van der Waals surface area contributed by atoms with Crippen LogP contribution in [0.3, 0.4) is 0 Å². The van der Waals surface area contributed by atoms with Gasteiger partial charge in [-0.25, -0.2) is 14.0 Å². The number of nitrogens with zero attached hydrogens (tertiary/aromatic N) is 1. The molecule has 3 aromatic carbocycles. The van der Waals surface area contributed by atoms with Gasteiger partial charge >= 0.3 is 12.0 Å². The van der Waals surface area contributed by atoms with E-state index >= 15 is 0 Å². The molecule has 2 amide bonds. The van der Waals surface area contributed by atoms with E-state index in [1.807, 2.05) is 6.07 Å². The molecule has 0 aromatic heterocycles. The summed E-state index contributed by atoms with van der Waals surface area (Å²) in [4.78, 5) is 24.7. The Labute approximate surface area is 278 Å². The monoisotopic (exact) mass is 662 g/mol. The first-order valence-corrected chi connectivity index (χ1v) is 15.1. The highest BCUT2D eigenvalue weighted by atomic mass is 19.1. The zero-order valence-corrected chi connectivity index (χ0v) is 27.2. The lowest BCUT2D eigenvalue weighted by Crippen LogP contribution is -2.45. The molecule has 0 fully saturated rings. The molecule has 0 unspecified atom stereocenters. The third kappa shape index (κ3) is 8.82. The Morgan fingerprint density at radius 2 is 1.88 bits per heavy atom. The number of nitrogens with one attached hydrogen (secondary N) is 3. The third-order valence-corrected chi connectivity index (χ3v) is 7.18. The van der Waals surface area contributed by atoms with Crippen LogP contribution in [0, 0.1) is 5.82 Å². The van der Waals surface area contributed by atoms with E-state index in [2.05, 4.69) is 27.7 Å². The molecule has 48 heavy (non-hydrogen) atoms. The smallest absolute Gasteiger partial charge is 0.337 e. The lowest BCUT2D eigenvalue weighted by molar-refractivity contribution is -0.136. The molecule has 1 heterocycles. The molecule has 0 saturated carbocycles. The number of aliphatic hydroxyl groups is 1. The number of esters is 1. The number of rotatable bonds is 16. The Kier molecular flexibility index (Phi) is 12.4. The highest BCUT2D eigenvalue weighted by Gasteiger charge is 2.32. The number of ether oxygens (including phenoxy) is 5. The molecule has 254 valence electrons. The highest BCUT2D eigenvalue weighted by molar-refractivity contribution is 5.95. The average molecular weight is 663 g/mol. The van der Waals surface area contributed by atoms with Gasteiger partial charge in [0, 0.05) is 16.8 Å². The molecule has 0 saturated heterocycles. The lowest BCUT2D eigenvalue weighted by Gasteiger charge is -2.28. The summed E-state index contributed by atoms with van der Waals surface area (Å²) in [6, 6.07) is 13.6. The fraction of sp³-hybridized carbons (Fsp3) is 0.286. The molecule has 0 spiro atoms. The summed E-state index contributed by atoms with van der Waals surface area (Å²) in [6.45, 7) is 7.37. The van der Waals surface area contributed by atoms with Gasteiger partial charge < -0.3 is 39.4 Å². The van der Waals surface area contributed by atoms with Crippen molar-refractivity contribution in [3.05, 3.63) is 107 Å². The number of methoxy groups -OCH3 is 2. The van der Waals surface area contributed by atoms with Crippen molar-refractivity contribution in [1.82, 2.24) is 16.1 Å². The summed E-state index contributed by atoms with van der Waals surface area (Å²) < 4.78 is 42.2. The number of hydrogen-bond acceptors (Lipinski definition) is 10. The quantitative estimate of drug-likeness (QED) is 0.0565. The Balaban J connectivity index is 1.43. The first-order valence-electron chi connectivity index (χ1n) is 15.1. The van der Waals surface area contributed by atoms with Crippen molar-refractivity contribution in [1.29, 1.82) is 0 Å². The number of hydrogen-bond donors (Lipinski definition) is 4. The van der Waals surface area contributed by atoms with Crippen molar-refractivity contribution in [3.8, 4) is 23.0 Å². The van der Waals surface area contributed by atoms with Crippen LogP contribution in [0.5, 0.6) is 23.0 Å². The molecular weight excluding hydrogens is 623 g/mol. The van der Waals surface area contributed by atoms with E-state index in [1.165, 1.54) is 26.5 Å². The number of halogens is 1. The van der Waals surface area contributed by atoms with E-state index in [0.29, 0.717) is 58.4 Å². The maximum atomic E-state index is 14.1. The van der Waals surface area contributed by atoms with E-state index in [-0.39, 0.29) is 24.6 Å². The Morgan fingerprint density at radius 1 is 1.08 bits per heavy atom. The number of carbonyl (C=O) groups is 2. The van der Waals surface area contributed by atoms with E-state index in [9.17, 15) is 19.1 Å². The van der Waals surface area contributed by atoms with Gasteiger partial charge in [0.2, 0.25) is 0 Å². The molecule has 0 radical (unpaired) electrons. The van der Waals surface area contributed by atoms with Gasteiger partial charge in [-0.2, -0.15) is 5.10 Å². The van der Waals surface area contributed by atoms with Crippen LogP contribution in [-0.2, 0) is 22.6 Å². The molecule has 1 aliphatic heterocycles. The Bertz CT molecular complexity index is 1690. The summed E-state index contributed by atoms with van der Waals surface area (Å²) in [5, 5.41) is 20.0. The minimum Gasteiger partial charge on any atom is -0.493 e. The van der Waals surface area contributed by atoms with Gasteiger partial charge in [0.1, 0.15) is 19.0 Å². The first-order chi connectivity index (χ1) is 23.2. The van der Waals surface area contributed by atoms with Crippen molar-refractivity contribution in [2.75, 3.05) is 27.4 Å². The van der Waals surface area contributed by atoms with Gasteiger partial charge in [-0.15, -0.1) is 6.58 Å². The summed E-state index contributed by atoms with van der Waals surface area (Å²) in [5.74, 6) is 0.619. The van der Waals surface area contributed by atoms with E-state index in [1.54, 1.807) is 62.4 Å². The van der Waals surface area contributed by atoms with Crippen molar-refractivity contribution < 1.29 is 42.8 Å². The summed E-state index contributed by atoms with van der Waals surface area (Å²) in [5.41, 5.74) is 5.64. The maximum absolute atomic E-state index is 14.1. The minimum atomic E-state index is -1.20. The first kappa shape index (κ1) is 35.3. The fourth-order valence-corrected chi connectivity index (χ4v) is 4.97. The van der Waals surface area contributed by atoms with E-state index in [4.69, 9.17) is 23.7 Å². The predicted octanol–water partition coefficient (Wildman–Crippen LogP) is 4.66. The van der Waals surface area contributed by atoms with Gasteiger partial charge in [0.15, 0.2) is 29.2 Å². The van der Waals surface area contributed by atoms with Crippen LogP contribution in [0.1, 0.15) is 42.1 Å². The number of amides is 2. The van der Waals surface area contributed by atoms with Crippen LogP contribution in [0.25, 0.3) is 0 Å². The molecule has 4 N–H and O–H groups in total. The van der Waals surface area contributed by atoms with Gasteiger partial charge in [0.25, 0.3) is 0 Å². The fourth-order valence-electron chi connectivity index (χ4n) is 4.97. The van der Waals surface area contributed by atoms with Crippen LogP contribution in [0.2, 0.25) is 0 Å². The number of carbonyl (C=O) groups excluding carboxylic acids is 2. The van der Waals surface area contributed by atoms with Gasteiger partial charge in [0.05, 0.1) is 38.7 Å². The number of urea groups is 1. The third-order valence-electron chi connectivity index (χ3n) is 7.18. The van der Waals surface area contributed by atoms with Crippen LogP contribution < -0.4 is 35.0 Å². The summed E-state index contributed by atoms with van der Waals surface area (Å²) in [6.07, 6.45) is 2.47. The zero-order valence-electron chi connectivity index (χ0n) is 27.2. The minimum absolute atomic E-state index is 0.0158. The average Bonchev–Trinajstić information content (AvgIpc) is 3.07. The van der Waals surface area contributed by atoms with Gasteiger partial charge in [-0.1, -0.05) is 30.3 Å². The molecule has 13 heteroatoms. The predicted molar refractivity (Wildman–Crippen MR) is 177 cm³/mol. The van der Waals surface area contributed by atoms with E-state index < -0.39 is 24.3 Å². The summed E-state index contributed by atoms with van der Waals surface area (Å²) >= 11 is 0. The van der Waals surface area contributed by atoms with Crippen LogP contribution in [-0.4, -0.2) is 57.0 Å². The second-order valence-electron chi connectivity index (χ2n) is 10.5. The SMILES string of the molecule is C=CCc1cc(/C=N\N[C@@H](O)COc2ccc([C@H]3NC(=O)NC(C)=C3C(=O)OC)cc2OCC)cc(OC)c1OCc1ccccc1F. The molecule has 0 aliphatic carbocycles. The van der Waals surface area contributed by atoms with E-state index in [0.717, 1.165) is 5.56 Å². The van der Waals surface area contributed by atoms with Gasteiger partial charge in [-0.05, 0) is 61.7 Å². The lowest BCUT2D eigenvalue weighted by atomic mass is 9.95. The van der Waals surface area contributed by atoms with Crippen LogP contribution in [0.4, 0.5) is 9.18 Å². The molecular formula is C35H39FN4O8. The second kappa shape index (κ2) is 16.8. The number of hydrazone groups is 1. The maximum Gasteiger partial charge on any atom is 0.337 e. The summed E-state index contributed by atoms with van der Waals surface area (Å²) in [7, 11) is 2.77. The normalized spacial score (nSPS) is 14.9. The van der Waals surface area contributed by atoms with Crippen molar-refractivity contribution in [2.45, 2.75) is 39.1 Å². The van der Waals surface area contributed by atoms with Crippen molar-refractivity contribution >= 4 is 18.2 Å². The number of aliphatic hydroxyl groups excluding tert-OH is 1. The molecule has 0 bridgehead atoms. The zero-order chi connectivity index (χ0) is 34.6. The second-order valence-corrected chi connectivity index (χ2v) is 10.5. The Morgan fingerprint density at radius 3 is 2.58 bits per heavy atom. The van der Waals surface area contributed by atoms with Crippen LogP contribution in [0.15, 0.2) is 83.6 Å². The molecule has 4 rings (SSSR count). The highest BCUT2D eigenvalue weighted by Crippen LogP contribution is 2.36. The Hall–Kier alpha value is -5.56. The molecule has 2 atom stereocenters. The molecule has 12 nitrogen and oxygen atoms in total. The van der Waals surface area contributed by atoms with Crippen molar-refractivity contribution in [3.63, 3.8) is 0 Å². The topological polar surface area (TPSA) is 149 Å². The number of benzene rings is 3. The standard InChI is InChI=1S/C35H39FN4O8/c1-6-10-24-15-22(16-29(44-4)33(24)48-19-25-11-8-9-12-26(25)36)18-37-40-30(41)20-47-27-14-13-23(17-28(27)46-7-2)32-31(34(42)45-5)21(3)38-35(43)39-32/h6,8-9,11-18,30,32,40-41H,1,7,10,19-20H2,2-5H3,(H2,38,39,43)/b37-18-/t30-,32+/m0/s1. The number of allylic oxidation sites excluding steroid dienone is 2. The van der Waals surface area contributed by atoms with Crippen LogP contribution >= 0.6 is 0 Å². The molecule has 1 aliphatic rings.